The number of sulfonamides is 1. The van der Waals surface area contributed by atoms with Crippen LogP contribution in [0.25, 0.3) is 0 Å². The molecular formula is C17H21N3O4S. The van der Waals surface area contributed by atoms with Crippen molar-refractivity contribution in [2.24, 2.45) is 0 Å². The summed E-state index contributed by atoms with van der Waals surface area (Å²) in [6.07, 6.45) is 1.31. The lowest BCUT2D eigenvalue weighted by atomic mass is 10.1. The molecule has 1 aliphatic heterocycles. The predicted molar refractivity (Wildman–Crippen MR) is 93.5 cm³/mol. The molecule has 1 aromatic carbocycles. The summed E-state index contributed by atoms with van der Waals surface area (Å²) < 4.78 is 32.8. The van der Waals surface area contributed by atoms with Crippen LogP contribution in [-0.2, 0) is 21.2 Å². The molecule has 25 heavy (non-hydrogen) atoms. The van der Waals surface area contributed by atoms with Crippen LogP contribution in [0.1, 0.15) is 24.3 Å². The van der Waals surface area contributed by atoms with E-state index in [1.807, 2.05) is 6.07 Å². The normalized spacial score (nSPS) is 18.1. The van der Waals surface area contributed by atoms with E-state index in [9.17, 15) is 13.2 Å². The molecule has 1 aromatic heterocycles. The van der Waals surface area contributed by atoms with Gasteiger partial charge in [-0.25, -0.2) is 8.42 Å². The minimum Gasteiger partial charge on any atom is -0.361 e. The Morgan fingerprint density at radius 1 is 1.36 bits per heavy atom. The molecular weight excluding hydrogens is 342 g/mol. The Morgan fingerprint density at radius 2 is 2.12 bits per heavy atom. The van der Waals surface area contributed by atoms with Crippen molar-refractivity contribution in [2.45, 2.75) is 31.4 Å². The quantitative estimate of drug-likeness (QED) is 0.877. The lowest BCUT2D eigenvalue weighted by Gasteiger charge is -2.32. The maximum absolute atomic E-state index is 12.6. The van der Waals surface area contributed by atoms with Crippen LogP contribution in [-0.4, -0.2) is 42.7 Å². The second kappa shape index (κ2) is 7.26. The molecule has 8 heteroatoms. The van der Waals surface area contributed by atoms with E-state index in [0.29, 0.717) is 36.5 Å². The Kier molecular flexibility index (Phi) is 5.08. The number of hydrogen-bond acceptors (Lipinski definition) is 5. The Balaban J connectivity index is 1.64. The number of amides is 1. The van der Waals surface area contributed by atoms with E-state index in [4.69, 9.17) is 4.52 Å². The fourth-order valence-corrected chi connectivity index (χ4v) is 4.42. The number of hydrogen-bond donors (Lipinski definition) is 1. The Labute approximate surface area is 147 Å². The number of nitrogens with zero attached hydrogens (tertiary/aromatic N) is 2. The van der Waals surface area contributed by atoms with E-state index in [-0.39, 0.29) is 18.9 Å². The molecule has 1 fully saturated rings. The highest BCUT2D eigenvalue weighted by molar-refractivity contribution is 7.93. The molecule has 0 aliphatic carbocycles. The molecule has 1 N–H and O–H groups in total. The van der Waals surface area contributed by atoms with Crippen LogP contribution in [0.15, 0.2) is 40.9 Å². The second-order valence-corrected chi connectivity index (χ2v) is 8.18. The first-order chi connectivity index (χ1) is 11.9. The summed E-state index contributed by atoms with van der Waals surface area (Å²) in [5, 5.41) is 3.20. The molecule has 2 aromatic rings. The van der Waals surface area contributed by atoms with Gasteiger partial charge in [-0.1, -0.05) is 23.4 Å². The molecule has 7 nitrogen and oxygen atoms in total. The number of piperidine rings is 1. The number of anilines is 1. The Hall–Kier alpha value is -2.35. The van der Waals surface area contributed by atoms with Crippen LogP contribution in [0.5, 0.6) is 0 Å². The molecule has 1 saturated heterocycles. The third-order valence-corrected chi connectivity index (χ3v) is 6.00. The van der Waals surface area contributed by atoms with Gasteiger partial charge in [0.2, 0.25) is 15.9 Å². The molecule has 134 valence electrons. The van der Waals surface area contributed by atoms with Crippen molar-refractivity contribution < 1.29 is 17.7 Å². The molecule has 0 unspecified atom stereocenters. The molecule has 0 radical (unpaired) electrons. The van der Waals surface area contributed by atoms with Crippen LogP contribution in [0.2, 0.25) is 0 Å². The van der Waals surface area contributed by atoms with Crippen molar-refractivity contribution in [2.75, 3.05) is 17.8 Å². The van der Waals surface area contributed by atoms with Gasteiger partial charge in [-0.15, -0.1) is 0 Å². The average molecular weight is 363 g/mol. The van der Waals surface area contributed by atoms with E-state index in [0.717, 1.165) is 0 Å². The topological polar surface area (TPSA) is 92.5 Å². The van der Waals surface area contributed by atoms with Gasteiger partial charge < -0.3 is 9.42 Å². The highest BCUT2D eigenvalue weighted by Crippen LogP contribution is 2.20. The van der Waals surface area contributed by atoms with E-state index >= 15 is 0 Å². The van der Waals surface area contributed by atoms with Crippen molar-refractivity contribution in [1.29, 1.82) is 0 Å². The van der Waals surface area contributed by atoms with Gasteiger partial charge in [-0.3, -0.25) is 9.52 Å². The average Bonchev–Trinajstić information content (AvgIpc) is 3.00. The van der Waals surface area contributed by atoms with Gasteiger partial charge in [-0.2, -0.15) is 0 Å². The van der Waals surface area contributed by atoms with E-state index in [1.165, 1.54) is 0 Å². The Bertz CT molecular complexity index is 833. The number of benzene rings is 1. The van der Waals surface area contributed by atoms with E-state index < -0.39 is 15.3 Å². The third-order valence-electron chi connectivity index (χ3n) is 4.21. The molecule has 0 spiro atoms. The lowest BCUT2D eigenvalue weighted by molar-refractivity contribution is -0.131. The van der Waals surface area contributed by atoms with Crippen molar-refractivity contribution in [1.82, 2.24) is 10.1 Å². The number of carbonyl (C=O) groups is 1. The smallest absolute Gasteiger partial charge is 0.237 e. The summed E-state index contributed by atoms with van der Waals surface area (Å²) in [6.45, 7) is 2.52. The second-order valence-electron chi connectivity index (χ2n) is 6.22. The molecule has 2 heterocycles. The number of carbonyl (C=O) groups excluding carboxylic acids is 1. The molecule has 1 aliphatic rings. The number of nitrogens with one attached hydrogen (secondary N) is 1. The van der Waals surface area contributed by atoms with Crippen LogP contribution >= 0.6 is 0 Å². The number of aryl methyl sites for hydroxylation is 1. The molecule has 1 amide bonds. The number of aromatic nitrogens is 1. The number of para-hydroxylation sites is 1. The summed E-state index contributed by atoms with van der Waals surface area (Å²) in [6, 6.07) is 10.5. The first-order valence-electron chi connectivity index (χ1n) is 8.21. The predicted octanol–water partition coefficient (Wildman–Crippen LogP) is 1.96. The largest absolute Gasteiger partial charge is 0.361 e. The van der Waals surface area contributed by atoms with Crippen molar-refractivity contribution in [3.63, 3.8) is 0 Å². The Morgan fingerprint density at radius 3 is 2.80 bits per heavy atom. The first-order valence-corrected chi connectivity index (χ1v) is 9.75. The minimum atomic E-state index is -3.55. The molecule has 1 atom stereocenters. The minimum absolute atomic E-state index is 0.121. The zero-order valence-electron chi connectivity index (χ0n) is 14.0. The van der Waals surface area contributed by atoms with Gasteiger partial charge in [0.25, 0.3) is 0 Å². The van der Waals surface area contributed by atoms with Crippen molar-refractivity contribution >= 4 is 21.6 Å². The van der Waals surface area contributed by atoms with Crippen LogP contribution in [0.4, 0.5) is 5.69 Å². The van der Waals surface area contributed by atoms with Gasteiger partial charge in [0.15, 0.2) is 0 Å². The van der Waals surface area contributed by atoms with Crippen LogP contribution in [0.3, 0.4) is 0 Å². The number of likely N-dealkylation sites (tertiary alicyclic amines) is 1. The summed E-state index contributed by atoms with van der Waals surface area (Å²) in [5.74, 6) is 0.516. The van der Waals surface area contributed by atoms with Gasteiger partial charge in [0.1, 0.15) is 5.76 Å². The van der Waals surface area contributed by atoms with E-state index in [1.54, 1.807) is 42.2 Å². The molecule has 0 saturated carbocycles. The summed E-state index contributed by atoms with van der Waals surface area (Å²) >= 11 is 0. The summed E-state index contributed by atoms with van der Waals surface area (Å²) in [4.78, 5) is 14.0. The van der Waals surface area contributed by atoms with Crippen molar-refractivity contribution in [3.8, 4) is 0 Å². The van der Waals surface area contributed by atoms with Crippen LogP contribution in [0, 0.1) is 6.92 Å². The van der Waals surface area contributed by atoms with Crippen molar-refractivity contribution in [3.05, 3.63) is 47.9 Å². The van der Waals surface area contributed by atoms with Gasteiger partial charge >= 0.3 is 0 Å². The van der Waals surface area contributed by atoms with Gasteiger partial charge in [0.05, 0.1) is 17.4 Å². The SMILES string of the molecule is Cc1cc(CC(=O)N2CCC[C@@H](S(=O)(=O)Nc3ccccc3)C2)no1. The lowest BCUT2D eigenvalue weighted by Crippen LogP contribution is -2.47. The van der Waals surface area contributed by atoms with Crippen LogP contribution < -0.4 is 4.72 Å². The summed E-state index contributed by atoms with van der Waals surface area (Å²) in [5.41, 5.74) is 1.10. The highest BCUT2D eigenvalue weighted by Gasteiger charge is 2.32. The monoisotopic (exact) mass is 363 g/mol. The highest BCUT2D eigenvalue weighted by atomic mass is 32.2. The first kappa shape index (κ1) is 17.5. The standard InChI is InChI=1S/C17H21N3O4S/c1-13-10-15(18-24-13)11-17(21)20-9-5-8-16(12-20)25(22,23)19-14-6-3-2-4-7-14/h2-4,6-7,10,16,19H,5,8-9,11-12H2,1H3/t16-/m1/s1. The fraction of sp³-hybridized carbons (Fsp3) is 0.412. The zero-order chi connectivity index (χ0) is 17.9. The summed E-state index contributed by atoms with van der Waals surface area (Å²) in [7, 11) is -3.55. The number of rotatable bonds is 5. The fourth-order valence-electron chi connectivity index (χ4n) is 2.94. The third kappa shape index (κ3) is 4.39. The van der Waals surface area contributed by atoms with Gasteiger partial charge in [-0.05, 0) is 31.9 Å². The van der Waals surface area contributed by atoms with Gasteiger partial charge in [0, 0.05) is 24.8 Å². The maximum Gasteiger partial charge on any atom is 0.237 e. The molecule has 0 bridgehead atoms. The van der Waals surface area contributed by atoms with E-state index in [2.05, 4.69) is 9.88 Å². The molecule has 3 rings (SSSR count). The zero-order valence-corrected chi connectivity index (χ0v) is 14.8. The maximum atomic E-state index is 12.6.